The standard InChI is InChI=1S/C33H53F2N3O2/c1-23(39)36(7)33(5,6)19-28(24-10-8-9-11-24)25-14-16-37(17-15-25)22-40-31-21-38(32(2,3)4)20-29(31)27-13-12-26(34)18-30(27)35/h12-13,18,24-25,28-29,31H,8-11,14-17,19-22H2,1-7H3/t28?,29-,31+/m0/s1. The van der Waals surface area contributed by atoms with E-state index in [0.717, 1.165) is 50.9 Å². The van der Waals surface area contributed by atoms with E-state index in [9.17, 15) is 13.6 Å². The van der Waals surface area contributed by atoms with Gasteiger partial charge in [-0.1, -0.05) is 31.7 Å². The first-order valence-corrected chi connectivity index (χ1v) is 15.5. The van der Waals surface area contributed by atoms with E-state index >= 15 is 0 Å². The zero-order valence-electron chi connectivity index (χ0n) is 26.0. The Morgan fingerprint density at radius 2 is 1.65 bits per heavy atom. The van der Waals surface area contributed by atoms with Gasteiger partial charge in [0.2, 0.25) is 5.91 Å². The van der Waals surface area contributed by atoms with Crippen molar-refractivity contribution >= 4 is 5.91 Å². The Bertz CT molecular complexity index is 996. The molecule has 1 aromatic carbocycles. The highest BCUT2D eigenvalue weighted by Crippen LogP contribution is 2.44. The van der Waals surface area contributed by atoms with E-state index in [-0.39, 0.29) is 29.0 Å². The molecule has 1 aliphatic carbocycles. The van der Waals surface area contributed by atoms with E-state index in [4.69, 9.17) is 4.74 Å². The molecule has 3 aliphatic rings. The van der Waals surface area contributed by atoms with Gasteiger partial charge in [0.1, 0.15) is 11.6 Å². The summed E-state index contributed by atoms with van der Waals surface area (Å²) in [6.45, 7) is 16.6. The van der Waals surface area contributed by atoms with Gasteiger partial charge in [-0.05, 0) is 83.3 Å². The number of halogens is 2. The van der Waals surface area contributed by atoms with Crippen molar-refractivity contribution in [1.82, 2.24) is 14.7 Å². The highest BCUT2D eigenvalue weighted by Gasteiger charge is 2.42. The molecular formula is C33H53F2N3O2. The Hall–Kier alpha value is -1.57. The molecule has 0 radical (unpaired) electrons. The van der Waals surface area contributed by atoms with Crippen molar-refractivity contribution in [2.75, 3.05) is 40.0 Å². The average molecular weight is 562 g/mol. The predicted molar refractivity (Wildman–Crippen MR) is 157 cm³/mol. The lowest BCUT2D eigenvalue weighted by Gasteiger charge is -2.44. The van der Waals surface area contributed by atoms with E-state index in [0.29, 0.717) is 30.7 Å². The highest BCUT2D eigenvalue weighted by atomic mass is 19.1. The Balaban J connectivity index is 1.38. The SMILES string of the molecule is CC(=O)N(C)C(C)(C)CC(C1CCCC1)C1CCN(CO[C@@H]2CN(C(C)(C)C)C[C@H]2c2ccc(F)cc2F)CC1. The Labute approximate surface area is 241 Å². The zero-order chi connectivity index (χ0) is 29.2. The lowest BCUT2D eigenvalue weighted by Crippen LogP contribution is -2.48. The number of likely N-dealkylation sites (tertiary alicyclic amines) is 2. The van der Waals surface area contributed by atoms with E-state index < -0.39 is 11.6 Å². The molecule has 2 saturated heterocycles. The summed E-state index contributed by atoms with van der Waals surface area (Å²) in [6.07, 6.45) is 8.54. The van der Waals surface area contributed by atoms with Crippen LogP contribution in [0.5, 0.6) is 0 Å². The number of carbonyl (C=O) groups is 1. The molecule has 2 heterocycles. The summed E-state index contributed by atoms with van der Waals surface area (Å²) in [5.41, 5.74) is 0.352. The second kappa shape index (κ2) is 12.7. The number of rotatable bonds is 9. The second-order valence-corrected chi connectivity index (χ2v) is 14.4. The highest BCUT2D eigenvalue weighted by molar-refractivity contribution is 5.73. The fourth-order valence-electron chi connectivity index (χ4n) is 7.55. The normalized spacial score (nSPS) is 25.0. The summed E-state index contributed by atoms with van der Waals surface area (Å²) >= 11 is 0. The third kappa shape index (κ3) is 7.43. The van der Waals surface area contributed by atoms with Crippen LogP contribution in [0.1, 0.15) is 98.0 Å². The summed E-state index contributed by atoms with van der Waals surface area (Å²) in [6, 6.07) is 3.95. The van der Waals surface area contributed by atoms with Crippen molar-refractivity contribution in [3.05, 3.63) is 35.4 Å². The largest absolute Gasteiger partial charge is 0.361 e. The minimum Gasteiger partial charge on any atom is -0.361 e. The fourth-order valence-corrected chi connectivity index (χ4v) is 7.55. The van der Waals surface area contributed by atoms with E-state index in [2.05, 4.69) is 44.4 Å². The van der Waals surface area contributed by atoms with E-state index in [1.807, 2.05) is 11.9 Å². The molecule has 1 saturated carbocycles. The third-order valence-corrected chi connectivity index (χ3v) is 10.4. The second-order valence-electron chi connectivity index (χ2n) is 14.4. The monoisotopic (exact) mass is 561 g/mol. The minimum absolute atomic E-state index is 0.0509. The van der Waals surface area contributed by atoms with Crippen LogP contribution < -0.4 is 0 Å². The first-order valence-electron chi connectivity index (χ1n) is 15.5. The Morgan fingerprint density at radius 1 is 1.02 bits per heavy atom. The number of carbonyl (C=O) groups excluding carboxylic acids is 1. The quantitative estimate of drug-likeness (QED) is 0.337. The van der Waals surface area contributed by atoms with Crippen molar-refractivity contribution in [1.29, 1.82) is 0 Å². The van der Waals surface area contributed by atoms with Gasteiger partial charge in [-0.25, -0.2) is 8.78 Å². The molecule has 1 amide bonds. The maximum absolute atomic E-state index is 14.8. The topological polar surface area (TPSA) is 36.0 Å². The molecular weight excluding hydrogens is 508 g/mol. The van der Waals surface area contributed by atoms with Gasteiger partial charge in [0.25, 0.3) is 0 Å². The molecule has 7 heteroatoms. The predicted octanol–water partition coefficient (Wildman–Crippen LogP) is 6.67. The molecule has 1 aromatic rings. The van der Waals surface area contributed by atoms with Crippen molar-refractivity contribution in [3.63, 3.8) is 0 Å². The summed E-state index contributed by atoms with van der Waals surface area (Å²) in [5, 5.41) is 0. The molecule has 0 N–H and O–H groups in total. The van der Waals surface area contributed by atoms with Gasteiger partial charge < -0.3 is 9.64 Å². The van der Waals surface area contributed by atoms with Crippen LogP contribution >= 0.6 is 0 Å². The first kappa shape index (κ1) is 31.4. The molecule has 0 spiro atoms. The molecule has 3 atom stereocenters. The van der Waals surface area contributed by atoms with Crippen LogP contribution in [0, 0.1) is 29.4 Å². The molecule has 2 aliphatic heterocycles. The molecule has 1 unspecified atom stereocenters. The number of amides is 1. The lowest BCUT2D eigenvalue weighted by molar-refractivity contribution is -0.133. The van der Waals surface area contributed by atoms with Crippen LogP contribution in [-0.4, -0.2) is 77.7 Å². The molecule has 0 aromatic heterocycles. The van der Waals surface area contributed by atoms with Crippen LogP contribution in [0.15, 0.2) is 18.2 Å². The number of hydrogen-bond donors (Lipinski definition) is 0. The van der Waals surface area contributed by atoms with Gasteiger partial charge in [0.15, 0.2) is 0 Å². The summed E-state index contributed by atoms with van der Waals surface area (Å²) in [4.78, 5) is 18.9. The van der Waals surface area contributed by atoms with Crippen molar-refractivity contribution in [2.24, 2.45) is 17.8 Å². The van der Waals surface area contributed by atoms with E-state index in [1.54, 1.807) is 13.0 Å². The van der Waals surface area contributed by atoms with Gasteiger partial charge in [0, 0.05) is 63.2 Å². The fraction of sp³-hybridized carbons (Fsp3) is 0.788. The Morgan fingerprint density at radius 3 is 2.23 bits per heavy atom. The van der Waals surface area contributed by atoms with Crippen molar-refractivity contribution in [2.45, 2.75) is 110 Å². The summed E-state index contributed by atoms with van der Waals surface area (Å²) < 4.78 is 35.0. The molecule has 0 bridgehead atoms. The van der Waals surface area contributed by atoms with Crippen LogP contribution in [0.25, 0.3) is 0 Å². The number of piperidine rings is 1. The van der Waals surface area contributed by atoms with Crippen molar-refractivity contribution in [3.8, 4) is 0 Å². The number of benzene rings is 1. The average Bonchev–Trinajstić information content (AvgIpc) is 3.56. The van der Waals surface area contributed by atoms with Crippen LogP contribution in [0.3, 0.4) is 0 Å². The first-order chi connectivity index (χ1) is 18.8. The Kier molecular flexibility index (Phi) is 9.99. The van der Waals surface area contributed by atoms with Crippen LogP contribution in [0.4, 0.5) is 8.78 Å². The minimum atomic E-state index is -0.542. The maximum atomic E-state index is 14.8. The van der Waals surface area contributed by atoms with Crippen LogP contribution in [0.2, 0.25) is 0 Å². The van der Waals surface area contributed by atoms with Gasteiger partial charge in [-0.3, -0.25) is 14.6 Å². The zero-order valence-corrected chi connectivity index (χ0v) is 26.0. The summed E-state index contributed by atoms with van der Waals surface area (Å²) in [7, 11) is 1.95. The molecule has 40 heavy (non-hydrogen) atoms. The molecule has 226 valence electrons. The summed E-state index contributed by atoms with van der Waals surface area (Å²) in [5.74, 6) is 1.07. The lowest BCUT2D eigenvalue weighted by atomic mass is 9.70. The van der Waals surface area contributed by atoms with Gasteiger partial charge >= 0.3 is 0 Å². The van der Waals surface area contributed by atoms with Gasteiger partial charge in [0.05, 0.1) is 12.8 Å². The molecule has 5 nitrogen and oxygen atoms in total. The number of nitrogens with zero attached hydrogens (tertiary/aromatic N) is 3. The number of ether oxygens (including phenoxy) is 1. The van der Waals surface area contributed by atoms with Crippen molar-refractivity contribution < 1.29 is 18.3 Å². The smallest absolute Gasteiger partial charge is 0.219 e. The molecule has 3 fully saturated rings. The maximum Gasteiger partial charge on any atom is 0.219 e. The molecule has 4 rings (SSSR count). The van der Waals surface area contributed by atoms with E-state index in [1.165, 1.54) is 31.7 Å². The van der Waals surface area contributed by atoms with Gasteiger partial charge in [-0.15, -0.1) is 0 Å². The van der Waals surface area contributed by atoms with Crippen LogP contribution in [-0.2, 0) is 9.53 Å². The third-order valence-electron chi connectivity index (χ3n) is 10.4. The van der Waals surface area contributed by atoms with Gasteiger partial charge in [-0.2, -0.15) is 0 Å². The number of hydrogen-bond acceptors (Lipinski definition) is 4.